The standard InChI is InChI=1S/C20H24ClN3O3S/c1-23(2)16-6-5-13-24(14-16)20(25)18-7-3-4-8-19(18)22-28(26,27)17-11-9-15(21)10-12-17/h3-4,7-12,16,22H,5-6,13-14H2,1-2H3. The minimum Gasteiger partial charge on any atom is -0.337 e. The third kappa shape index (κ3) is 4.66. The van der Waals surface area contributed by atoms with Crippen molar-refractivity contribution in [2.45, 2.75) is 23.8 Å². The molecule has 150 valence electrons. The molecule has 8 heteroatoms. The molecule has 1 atom stereocenters. The van der Waals surface area contributed by atoms with E-state index in [1.165, 1.54) is 24.3 Å². The average molecular weight is 422 g/mol. The van der Waals surface area contributed by atoms with Crippen molar-refractivity contribution in [1.29, 1.82) is 0 Å². The number of nitrogens with zero attached hydrogens (tertiary/aromatic N) is 2. The summed E-state index contributed by atoms with van der Waals surface area (Å²) in [5, 5.41) is 0.454. The van der Waals surface area contributed by atoms with Crippen molar-refractivity contribution in [3.05, 3.63) is 59.1 Å². The largest absolute Gasteiger partial charge is 0.337 e. The summed E-state index contributed by atoms with van der Waals surface area (Å²) >= 11 is 5.84. The van der Waals surface area contributed by atoms with Crippen LogP contribution in [-0.4, -0.2) is 57.4 Å². The molecule has 0 bridgehead atoms. The van der Waals surface area contributed by atoms with Crippen molar-refractivity contribution in [2.24, 2.45) is 0 Å². The monoisotopic (exact) mass is 421 g/mol. The maximum atomic E-state index is 13.1. The Hall–Kier alpha value is -2.09. The van der Waals surface area contributed by atoms with Gasteiger partial charge < -0.3 is 9.80 Å². The number of para-hydroxylation sites is 1. The first-order valence-corrected chi connectivity index (χ1v) is 11.0. The topological polar surface area (TPSA) is 69.7 Å². The summed E-state index contributed by atoms with van der Waals surface area (Å²) in [7, 11) is 0.185. The molecule has 1 heterocycles. The second kappa shape index (κ2) is 8.51. The van der Waals surface area contributed by atoms with E-state index in [4.69, 9.17) is 11.6 Å². The summed E-state index contributed by atoms with van der Waals surface area (Å²) in [4.78, 5) is 17.1. The molecule has 28 heavy (non-hydrogen) atoms. The van der Waals surface area contributed by atoms with Crippen LogP contribution in [0.1, 0.15) is 23.2 Å². The van der Waals surface area contributed by atoms with E-state index in [0.29, 0.717) is 29.7 Å². The molecule has 1 saturated heterocycles. The molecule has 1 amide bonds. The number of benzene rings is 2. The van der Waals surface area contributed by atoms with E-state index in [1.54, 1.807) is 29.2 Å². The molecule has 1 aliphatic rings. The number of carbonyl (C=O) groups is 1. The van der Waals surface area contributed by atoms with Gasteiger partial charge in [-0.2, -0.15) is 0 Å². The zero-order chi connectivity index (χ0) is 20.3. The third-order valence-corrected chi connectivity index (χ3v) is 6.57. The second-order valence-corrected chi connectivity index (χ2v) is 9.23. The van der Waals surface area contributed by atoms with E-state index in [0.717, 1.165) is 12.8 Å². The third-order valence-electron chi connectivity index (χ3n) is 4.94. The number of amides is 1. The highest BCUT2D eigenvalue weighted by atomic mass is 35.5. The number of hydrogen-bond donors (Lipinski definition) is 1. The van der Waals surface area contributed by atoms with Crippen LogP contribution in [0.15, 0.2) is 53.4 Å². The highest BCUT2D eigenvalue weighted by Gasteiger charge is 2.27. The number of rotatable bonds is 5. The quantitative estimate of drug-likeness (QED) is 0.804. The van der Waals surface area contributed by atoms with Crippen LogP contribution in [0.2, 0.25) is 5.02 Å². The molecule has 0 spiro atoms. The molecule has 0 saturated carbocycles. The van der Waals surface area contributed by atoms with Crippen LogP contribution in [-0.2, 0) is 10.0 Å². The summed E-state index contributed by atoms with van der Waals surface area (Å²) in [6.07, 6.45) is 1.97. The number of hydrogen-bond acceptors (Lipinski definition) is 4. The highest BCUT2D eigenvalue weighted by Crippen LogP contribution is 2.24. The van der Waals surface area contributed by atoms with Gasteiger partial charge in [0.05, 0.1) is 16.1 Å². The van der Waals surface area contributed by atoms with Crippen LogP contribution in [0.5, 0.6) is 0 Å². The van der Waals surface area contributed by atoms with E-state index < -0.39 is 10.0 Å². The van der Waals surface area contributed by atoms with Crippen molar-refractivity contribution in [3.63, 3.8) is 0 Å². The predicted molar refractivity (Wildman–Crippen MR) is 111 cm³/mol. The van der Waals surface area contributed by atoms with Crippen molar-refractivity contribution < 1.29 is 13.2 Å². The van der Waals surface area contributed by atoms with Crippen molar-refractivity contribution in [2.75, 3.05) is 31.9 Å². The Morgan fingerprint density at radius 2 is 1.82 bits per heavy atom. The zero-order valence-corrected chi connectivity index (χ0v) is 17.5. The van der Waals surface area contributed by atoms with Gasteiger partial charge in [0.15, 0.2) is 0 Å². The van der Waals surface area contributed by atoms with Gasteiger partial charge in [-0.3, -0.25) is 9.52 Å². The average Bonchev–Trinajstić information content (AvgIpc) is 2.68. The van der Waals surface area contributed by atoms with Crippen molar-refractivity contribution in [1.82, 2.24) is 9.80 Å². The number of piperidine rings is 1. The Balaban J connectivity index is 1.85. The molecule has 1 N–H and O–H groups in total. The predicted octanol–water partition coefficient (Wildman–Crippen LogP) is 3.31. The Kier molecular flexibility index (Phi) is 6.27. The number of carbonyl (C=O) groups excluding carboxylic acids is 1. The maximum absolute atomic E-state index is 13.1. The number of likely N-dealkylation sites (tertiary alicyclic amines) is 1. The number of likely N-dealkylation sites (N-methyl/N-ethyl adjacent to an activating group) is 1. The van der Waals surface area contributed by atoms with E-state index in [1.807, 2.05) is 14.1 Å². The van der Waals surface area contributed by atoms with Crippen LogP contribution in [0.4, 0.5) is 5.69 Å². The van der Waals surface area contributed by atoms with Crippen LogP contribution < -0.4 is 4.72 Å². The van der Waals surface area contributed by atoms with Gasteiger partial charge in [-0.25, -0.2) is 8.42 Å². The van der Waals surface area contributed by atoms with Gasteiger partial charge in [-0.1, -0.05) is 23.7 Å². The second-order valence-electron chi connectivity index (χ2n) is 7.12. The van der Waals surface area contributed by atoms with Crippen LogP contribution in [0, 0.1) is 0 Å². The Morgan fingerprint density at radius 3 is 2.50 bits per heavy atom. The summed E-state index contributed by atoms with van der Waals surface area (Å²) < 4.78 is 28.0. The summed E-state index contributed by atoms with van der Waals surface area (Å²) in [6, 6.07) is 12.9. The van der Waals surface area contributed by atoms with E-state index in [-0.39, 0.29) is 16.5 Å². The molecule has 2 aromatic carbocycles. The molecule has 0 aromatic heterocycles. The van der Waals surface area contributed by atoms with Gasteiger partial charge in [-0.15, -0.1) is 0 Å². The maximum Gasteiger partial charge on any atom is 0.261 e. The van der Waals surface area contributed by atoms with Gasteiger partial charge in [0, 0.05) is 24.2 Å². The van der Waals surface area contributed by atoms with Crippen LogP contribution >= 0.6 is 11.6 Å². The minimum absolute atomic E-state index is 0.0878. The molecule has 1 unspecified atom stereocenters. The van der Waals surface area contributed by atoms with Gasteiger partial charge in [0.25, 0.3) is 15.9 Å². The van der Waals surface area contributed by atoms with E-state index in [2.05, 4.69) is 9.62 Å². The number of sulfonamides is 1. The zero-order valence-electron chi connectivity index (χ0n) is 15.9. The molecule has 0 aliphatic carbocycles. The molecule has 3 rings (SSSR count). The Morgan fingerprint density at radius 1 is 1.14 bits per heavy atom. The van der Waals surface area contributed by atoms with Gasteiger partial charge >= 0.3 is 0 Å². The Bertz CT molecular complexity index is 945. The smallest absolute Gasteiger partial charge is 0.261 e. The van der Waals surface area contributed by atoms with Crippen molar-refractivity contribution in [3.8, 4) is 0 Å². The number of halogens is 1. The minimum atomic E-state index is -3.83. The summed E-state index contributed by atoms with van der Waals surface area (Å²) in [6.45, 7) is 1.30. The fourth-order valence-electron chi connectivity index (χ4n) is 3.31. The lowest BCUT2D eigenvalue weighted by Gasteiger charge is -2.36. The fourth-order valence-corrected chi connectivity index (χ4v) is 4.51. The van der Waals surface area contributed by atoms with Crippen LogP contribution in [0.3, 0.4) is 0 Å². The van der Waals surface area contributed by atoms with Gasteiger partial charge in [0.2, 0.25) is 0 Å². The molecule has 1 aliphatic heterocycles. The van der Waals surface area contributed by atoms with E-state index >= 15 is 0 Å². The first-order chi connectivity index (χ1) is 13.3. The normalized spacial score (nSPS) is 17.6. The number of nitrogens with one attached hydrogen (secondary N) is 1. The summed E-state index contributed by atoms with van der Waals surface area (Å²) in [5.41, 5.74) is 0.619. The molecular weight excluding hydrogens is 398 g/mol. The molecule has 1 fully saturated rings. The molecule has 6 nitrogen and oxygen atoms in total. The summed E-state index contributed by atoms with van der Waals surface area (Å²) in [5.74, 6) is -0.166. The Labute approximate surface area is 171 Å². The molecule has 2 aromatic rings. The first-order valence-electron chi connectivity index (χ1n) is 9.11. The SMILES string of the molecule is CN(C)C1CCCN(C(=O)c2ccccc2NS(=O)(=O)c2ccc(Cl)cc2)C1. The lowest BCUT2D eigenvalue weighted by molar-refractivity contribution is 0.0636. The van der Waals surface area contributed by atoms with Gasteiger partial charge in [-0.05, 0) is 63.3 Å². The first kappa shape index (κ1) is 20.6. The number of anilines is 1. The lowest BCUT2D eigenvalue weighted by atomic mass is 10.0. The van der Waals surface area contributed by atoms with Crippen molar-refractivity contribution >= 4 is 33.2 Å². The van der Waals surface area contributed by atoms with E-state index in [9.17, 15) is 13.2 Å². The molecule has 0 radical (unpaired) electrons. The highest BCUT2D eigenvalue weighted by molar-refractivity contribution is 7.92. The molecular formula is C20H24ClN3O3S. The van der Waals surface area contributed by atoms with Crippen LogP contribution in [0.25, 0.3) is 0 Å². The fraction of sp³-hybridized carbons (Fsp3) is 0.350. The lowest BCUT2D eigenvalue weighted by Crippen LogP contribution is -2.47. The van der Waals surface area contributed by atoms with Gasteiger partial charge in [0.1, 0.15) is 0 Å².